The van der Waals surface area contributed by atoms with Crippen LogP contribution in [0.4, 0.5) is 5.95 Å². The second-order valence-electron chi connectivity index (χ2n) is 6.45. The molecule has 0 aliphatic rings. The summed E-state index contributed by atoms with van der Waals surface area (Å²) in [6, 6.07) is 12.5. The fourth-order valence-corrected chi connectivity index (χ4v) is 4.76. The highest BCUT2D eigenvalue weighted by molar-refractivity contribution is 14.1. The van der Waals surface area contributed by atoms with Gasteiger partial charge in [-0.25, -0.2) is 20.2 Å². The van der Waals surface area contributed by atoms with Crippen LogP contribution < -0.4 is 10.2 Å². The van der Waals surface area contributed by atoms with E-state index in [9.17, 15) is 4.79 Å². The molecule has 0 unspecified atom stereocenters. The number of halogens is 2. The third-order valence-corrected chi connectivity index (χ3v) is 5.57. The molecule has 0 saturated carbocycles. The largest absolute Gasteiger partial charge is 0.487 e. The summed E-state index contributed by atoms with van der Waals surface area (Å²) in [5.41, 5.74) is 6.68. The second-order valence-corrected chi connectivity index (χ2v) is 8.77. The number of aryl methyl sites for hydroxylation is 2. The van der Waals surface area contributed by atoms with Gasteiger partial charge in [-0.15, -0.1) is 0 Å². The number of carbonyl (C=O) groups is 1. The molecule has 0 spiro atoms. The molecule has 2 aromatic carbocycles. The van der Waals surface area contributed by atoms with Gasteiger partial charge in [-0.1, -0.05) is 12.1 Å². The molecule has 1 aromatic heterocycles. The SMILES string of the molecule is Cc1cc(C)nc(N/N=C/c2cc(I)c(OCc3ccc(C(=O)O)cc3)c(I)c2)n1. The van der Waals surface area contributed by atoms with E-state index >= 15 is 0 Å². The van der Waals surface area contributed by atoms with Crippen molar-refractivity contribution in [3.05, 3.63) is 77.7 Å². The number of anilines is 1. The smallest absolute Gasteiger partial charge is 0.335 e. The van der Waals surface area contributed by atoms with Crippen LogP contribution in [0.1, 0.15) is 32.9 Å². The Morgan fingerprint density at radius 2 is 1.70 bits per heavy atom. The van der Waals surface area contributed by atoms with Gasteiger partial charge in [0.05, 0.1) is 18.9 Å². The van der Waals surface area contributed by atoms with Crippen molar-refractivity contribution >= 4 is 63.3 Å². The molecule has 0 amide bonds. The molecule has 0 aliphatic heterocycles. The molecule has 9 heteroatoms. The summed E-state index contributed by atoms with van der Waals surface area (Å²) in [4.78, 5) is 19.5. The number of carboxylic acids is 1. The molecule has 2 N–H and O–H groups in total. The van der Waals surface area contributed by atoms with Crippen LogP contribution in [0, 0.1) is 21.0 Å². The Hall–Kier alpha value is -2.28. The normalized spacial score (nSPS) is 10.9. The van der Waals surface area contributed by atoms with E-state index in [4.69, 9.17) is 9.84 Å². The van der Waals surface area contributed by atoms with E-state index in [0.29, 0.717) is 12.6 Å². The highest BCUT2D eigenvalue weighted by Gasteiger charge is 2.09. The van der Waals surface area contributed by atoms with Gasteiger partial charge in [0.2, 0.25) is 5.95 Å². The molecule has 0 saturated heterocycles. The van der Waals surface area contributed by atoms with Gasteiger partial charge in [0, 0.05) is 11.4 Å². The number of rotatable bonds is 7. The molecule has 3 rings (SSSR count). The lowest BCUT2D eigenvalue weighted by atomic mass is 10.1. The van der Waals surface area contributed by atoms with E-state index in [2.05, 4.69) is 65.7 Å². The Morgan fingerprint density at radius 1 is 1.10 bits per heavy atom. The van der Waals surface area contributed by atoms with Gasteiger partial charge < -0.3 is 9.84 Å². The summed E-state index contributed by atoms with van der Waals surface area (Å²) in [6.45, 7) is 4.17. The minimum atomic E-state index is -0.942. The molecule has 0 radical (unpaired) electrons. The van der Waals surface area contributed by atoms with Crippen molar-refractivity contribution in [3.63, 3.8) is 0 Å². The van der Waals surface area contributed by atoms with Gasteiger partial charge in [-0.05, 0) is 100 Å². The van der Waals surface area contributed by atoms with Crippen LogP contribution in [-0.4, -0.2) is 27.3 Å². The molecule has 7 nitrogen and oxygen atoms in total. The molecule has 0 aliphatic carbocycles. The number of benzene rings is 2. The average Bonchev–Trinajstić information content (AvgIpc) is 2.67. The lowest BCUT2D eigenvalue weighted by Gasteiger charge is -2.11. The number of hydrogen-bond acceptors (Lipinski definition) is 6. The summed E-state index contributed by atoms with van der Waals surface area (Å²) in [5.74, 6) is 0.297. The Bertz CT molecular complexity index is 1060. The lowest BCUT2D eigenvalue weighted by molar-refractivity contribution is 0.0697. The van der Waals surface area contributed by atoms with E-state index in [1.54, 1.807) is 30.5 Å². The van der Waals surface area contributed by atoms with E-state index in [0.717, 1.165) is 35.4 Å². The second kappa shape index (κ2) is 10.2. The van der Waals surface area contributed by atoms with E-state index in [1.165, 1.54) is 0 Å². The maximum absolute atomic E-state index is 10.9. The van der Waals surface area contributed by atoms with E-state index in [1.807, 2.05) is 32.0 Å². The lowest BCUT2D eigenvalue weighted by Crippen LogP contribution is -2.02. The number of hydrogen-bond donors (Lipinski definition) is 2. The van der Waals surface area contributed by atoms with Crippen molar-refractivity contribution in [2.24, 2.45) is 5.10 Å². The number of hydrazone groups is 1. The number of nitrogens with one attached hydrogen (secondary N) is 1. The number of nitrogens with zero attached hydrogens (tertiary/aromatic N) is 3. The van der Waals surface area contributed by atoms with Gasteiger partial charge in [-0.2, -0.15) is 5.10 Å². The average molecular weight is 628 g/mol. The number of aromatic carboxylic acids is 1. The van der Waals surface area contributed by atoms with Crippen molar-refractivity contribution in [1.82, 2.24) is 9.97 Å². The number of ether oxygens (including phenoxy) is 1. The fraction of sp³-hybridized carbons (Fsp3) is 0.143. The van der Waals surface area contributed by atoms with Gasteiger partial charge in [0.25, 0.3) is 0 Å². The maximum atomic E-state index is 10.9. The number of aromatic nitrogens is 2. The summed E-state index contributed by atoms with van der Waals surface area (Å²) in [5, 5.41) is 13.2. The summed E-state index contributed by atoms with van der Waals surface area (Å²) in [7, 11) is 0. The predicted octanol–water partition coefficient (Wildman–Crippen LogP) is 5.03. The predicted molar refractivity (Wildman–Crippen MR) is 132 cm³/mol. The molecule has 0 bridgehead atoms. The standard InChI is InChI=1S/C21H18I2N4O3/c1-12-7-13(2)26-21(25-12)27-24-10-15-8-17(22)19(18(23)9-15)30-11-14-3-5-16(6-4-14)20(28)29/h3-10H,11H2,1-2H3,(H,28,29)(H,25,26,27)/b24-10+. The first-order chi connectivity index (χ1) is 14.3. The van der Waals surface area contributed by atoms with Gasteiger partial charge in [0.1, 0.15) is 12.4 Å². The van der Waals surface area contributed by atoms with Crippen molar-refractivity contribution in [2.45, 2.75) is 20.5 Å². The summed E-state index contributed by atoms with van der Waals surface area (Å²) < 4.78 is 7.87. The van der Waals surface area contributed by atoms with Crippen molar-refractivity contribution in [3.8, 4) is 5.75 Å². The van der Waals surface area contributed by atoms with Crippen LogP contribution in [0.2, 0.25) is 0 Å². The van der Waals surface area contributed by atoms with Crippen molar-refractivity contribution in [2.75, 3.05) is 5.43 Å². The maximum Gasteiger partial charge on any atom is 0.335 e. The molecular weight excluding hydrogens is 610 g/mol. The van der Waals surface area contributed by atoms with Crippen LogP contribution in [0.5, 0.6) is 5.75 Å². The highest BCUT2D eigenvalue weighted by atomic mass is 127. The molecular formula is C21H18I2N4O3. The zero-order valence-electron chi connectivity index (χ0n) is 16.2. The Balaban J connectivity index is 1.66. The highest BCUT2D eigenvalue weighted by Crippen LogP contribution is 2.29. The monoisotopic (exact) mass is 628 g/mol. The molecule has 0 fully saturated rings. The zero-order chi connectivity index (χ0) is 21.7. The fourth-order valence-electron chi connectivity index (χ4n) is 2.63. The van der Waals surface area contributed by atoms with Gasteiger partial charge in [0.15, 0.2) is 0 Å². The van der Waals surface area contributed by atoms with Crippen LogP contribution in [0.3, 0.4) is 0 Å². The van der Waals surface area contributed by atoms with Crippen LogP contribution in [0.25, 0.3) is 0 Å². The first-order valence-electron chi connectivity index (χ1n) is 8.87. The van der Waals surface area contributed by atoms with Gasteiger partial charge >= 0.3 is 5.97 Å². The Kier molecular flexibility index (Phi) is 7.58. The quantitative estimate of drug-likeness (QED) is 0.217. The van der Waals surface area contributed by atoms with Crippen LogP contribution >= 0.6 is 45.2 Å². The molecule has 1 heterocycles. The van der Waals surface area contributed by atoms with Crippen LogP contribution in [-0.2, 0) is 6.61 Å². The Morgan fingerprint density at radius 3 is 2.27 bits per heavy atom. The minimum absolute atomic E-state index is 0.256. The first kappa shape index (κ1) is 22.4. The minimum Gasteiger partial charge on any atom is -0.487 e. The number of carboxylic acid groups (broad SMARTS) is 1. The molecule has 0 atom stereocenters. The van der Waals surface area contributed by atoms with Crippen molar-refractivity contribution in [1.29, 1.82) is 0 Å². The third-order valence-electron chi connectivity index (χ3n) is 3.97. The van der Waals surface area contributed by atoms with Crippen LogP contribution in [0.15, 0.2) is 47.6 Å². The van der Waals surface area contributed by atoms with Crippen molar-refractivity contribution < 1.29 is 14.6 Å². The topological polar surface area (TPSA) is 96.7 Å². The zero-order valence-corrected chi connectivity index (χ0v) is 20.5. The van der Waals surface area contributed by atoms with E-state index < -0.39 is 5.97 Å². The molecule has 3 aromatic rings. The molecule has 30 heavy (non-hydrogen) atoms. The van der Waals surface area contributed by atoms with Gasteiger partial charge in [-0.3, -0.25) is 0 Å². The summed E-state index contributed by atoms with van der Waals surface area (Å²) >= 11 is 4.45. The van der Waals surface area contributed by atoms with E-state index in [-0.39, 0.29) is 5.56 Å². The molecule has 154 valence electrons. The third kappa shape index (κ3) is 6.11. The summed E-state index contributed by atoms with van der Waals surface area (Å²) in [6.07, 6.45) is 1.71. The first-order valence-corrected chi connectivity index (χ1v) is 11.0. The Labute approximate surface area is 201 Å².